The van der Waals surface area contributed by atoms with Crippen molar-refractivity contribution in [2.75, 3.05) is 0 Å². The van der Waals surface area contributed by atoms with Gasteiger partial charge < -0.3 is 4.79 Å². The summed E-state index contributed by atoms with van der Waals surface area (Å²) in [5.41, 5.74) is 0. The molecule has 0 aromatic carbocycles. The van der Waals surface area contributed by atoms with Gasteiger partial charge in [0.1, 0.15) is 12.1 Å². The van der Waals surface area contributed by atoms with Gasteiger partial charge in [0.2, 0.25) is 0 Å². The second-order valence-electron chi connectivity index (χ2n) is 11.6. The van der Waals surface area contributed by atoms with Crippen molar-refractivity contribution in [3.05, 3.63) is 24.3 Å². The fourth-order valence-corrected chi connectivity index (χ4v) is 5.21. The van der Waals surface area contributed by atoms with Crippen LogP contribution in [0.1, 0.15) is 187 Å². The van der Waals surface area contributed by atoms with Gasteiger partial charge >= 0.3 is 0 Å². The Morgan fingerprint density at radius 3 is 1.29 bits per heavy atom. The number of carbonyl (C=O) groups is 2. The van der Waals surface area contributed by atoms with Gasteiger partial charge in [-0.25, -0.2) is 0 Å². The van der Waals surface area contributed by atoms with Crippen molar-refractivity contribution in [3.8, 4) is 0 Å². The molecule has 0 rings (SSSR count). The van der Waals surface area contributed by atoms with E-state index in [9.17, 15) is 9.59 Å². The third-order valence-corrected chi connectivity index (χ3v) is 7.84. The molecule has 2 heteroatoms. The van der Waals surface area contributed by atoms with Crippen molar-refractivity contribution in [1.82, 2.24) is 0 Å². The normalized spacial score (nSPS) is 12.6. The van der Waals surface area contributed by atoms with Gasteiger partial charge in [-0.05, 0) is 64.2 Å². The van der Waals surface area contributed by atoms with Crippen molar-refractivity contribution >= 4 is 12.1 Å². The van der Waals surface area contributed by atoms with Crippen LogP contribution in [-0.4, -0.2) is 12.1 Å². The van der Waals surface area contributed by atoms with E-state index >= 15 is 0 Å². The standard InChI is InChI=1S/C36H66O2/c1-3-5-7-9-11-13-15-17-18-20-22-24-26-28-30-32-36(38)35(33-34-37)31-29-27-25-23-21-19-16-14-12-10-8-6-4-2/h17-19,21,34-35H,3-16,20,22-33H2,1-2H3. The molecule has 0 aromatic rings. The molecule has 1 unspecified atom stereocenters. The van der Waals surface area contributed by atoms with E-state index in [1.165, 1.54) is 122 Å². The van der Waals surface area contributed by atoms with Crippen LogP contribution in [0.3, 0.4) is 0 Å². The number of Topliss-reactive ketones (excluding diaryl/α,β-unsaturated/α-hetero) is 1. The third-order valence-electron chi connectivity index (χ3n) is 7.84. The summed E-state index contributed by atoms with van der Waals surface area (Å²) in [5.74, 6) is 0.293. The van der Waals surface area contributed by atoms with E-state index < -0.39 is 0 Å². The molecule has 0 N–H and O–H groups in total. The molecule has 0 aliphatic carbocycles. The first-order valence-corrected chi connectivity index (χ1v) is 17.0. The molecule has 0 heterocycles. The molecule has 0 aromatic heterocycles. The van der Waals surface area contributed by atoms with Crippen LogP contribution in [0.15, 0.2) is 24.3 Å². The van der Waals surface area contributed by atoms with Crippen LogP contribution in [0.5, 0.6) is 0 Å². The summed E-state index contributed by atoms with van der Waals surface area (Å²) in [5, 5.41) is 0. The van der Waals surface area contributed by atoms with E-state index in [0.717, 1.165) is 44.8 Å². The summed E-state index contributed by atoms with van der Waals surface area (Å²) >= 11 is 0. The van der Waals surface area contributed by atoms with Gasteiger partial charge in [0, 0.05) is 18.8 Å². The molecule has 1 atom stereocenters. The molecular weight excluding hydrogens is 464 g/mol. The average Bonchev–Trinajstić information content (AvgIpc) is 2.92. The smallest absolute Gasteiger partial charge is 0.136 e. The highest BCUT2D eigenvalue weighted by Gasteiger charge is 2.16. The Balaban J connectivity index is 3.64. The Morgan fingerprint density at radius 2 is 0.868 bits per heavy atom. The Bertz CT molecular complexity index is 548. The minimum Gasteiger partial charge on any atom is -0.303 e. The molecular formula is C36H66O2. The Labute approximate surface area is 238 Å². The van der Waals surface area contributed by atoms with Crippen molar-refractivity contribution < 1.29 is 9.59 Å². The van der Waals surface area contributed by atoms with Crippen LogP contribution in [-0.2, 0) is 9.59 Å². The highest BCUT2D eigenvalue weighted by atomic mass is 16.1. The zero-order chi connectivity index (χ0) is 27.8. The molecule has 0 bridgehead atoms. The number of hydrogen-bond acceptors (Lipinski definition) is 2. The van der Waals surface area contributed by atoms with Gasteiger partial charge in [-0.2, -0.15) is 0 Å². The molecule has 0 spiro atoms. The molecule has 0 saturated heterocycles. The van der Waals surface area contributed by atoms with Crippen LogP contribution >= 0.6 is 0 Å². The number of hydrogen-bond donors (Lipinski definition) is 0. The summed E-state index contributed by atoms with van der Waals surface area (Å²) in [6.07, 6.45) is 42.9. The van der Waals surface area contributed by atoms with E-state index in [2.05, 4.69) is 38.2 Å². The number of aldehydes is 1. The summed E-state index contributed by atoms with van der Waals surface area (Å²) in [6, 6.07) is 0. The zero-order valence-corrected chi connectivity index (χ0v) is 25.9. The summed E-state index contributed by atoms with van der Waals surface area (Å²) in [6.45, 7) is 4.54. The summed E-state index contributed by atoms with van der Waals surface area (Å²) < 4.78 is 0. The van der Waals surface area contributed by atoms with Crippen LogP contribution in [0.2, 0.25) is 0 Å². The molecule has 0 fully saturated rings. The average molecular weight is 531 g/mol. The van der Waals surface area contributed by atoms with Gasteiger partial charge in [0.05, 0.1) is 0 Å². The zero-order valence-electron chi connectivity index (χ0n) is 25.9. The highest BCUT2D eigenvalue weighted by Crippen LogP contribution is 2.19. The van der Waals surface area contributed by atoms with Gasteiger partial charge in [-0.15, -0.1) is 0 Å². The Hall–Kier alpha value is -1.18. The SMILES string of the molecule is CCCCCCCCC=CCCCCCCCC(=O)C(CC=O)CCCCCC=CCCCCCCCC. The quantitative estimate of drug-likeness (QED) is 0.0507. The monoisotopic (exact) mass is 531 g/mol. The highest BCUT2D eigenvalue weighted by molar-refractivity contribution is 5.82. The lowest BCUT2D eigenvalue weighted by atomic mass is 9.91. The lowest BCUT2D eigenvalue weighted by molar-refractivity contribution is -0.125. The van der Waals surface area contributed by atoms with Gasteiger partial charge in [-0.3, -0.25) is 4.79 Å². The minimum atomic E-state index is -0.0347. The second kappa shape index (κ2) is 32.0. The van der Waals surface area contributed by atoms with Crippen molar-refractivity contribution in [2.45, 2.75) is 187 Å². The molecule has 0 radical (unpaired) electrons. The summed E-state index contributed by atoms with van der Waals surface area (Å²) in [7, 11) is 0. The first-order chi connectivity index (χ1) is 18.8. The van der Waals surface area contributed by atoms with Gasteiger partial charge in [0.15, 0.2) is 0 Å². The minimum absolute atomic E-state index is 0.0347. The molecule has 0 saturated carbocycles. The van der Waals surface area contributed by atoms with E-state index in [1.807, 2.05) is 0 Å². The van der Waals surface area contributed by atoms with Gasteiger partial charge in [-0.1, -0.05) is 134 Å². The summed E-state index contributed by atoms with van der Waals surface area (Å²) in [4.78, 5) is 23.7. The lowest BCUT2D eigenvalue weighted by Gasteiger charge is -2.13. The van der Waals surface area contributed by atoms with E-state index in [4.69, 9.17) is 0 Å². The van der Waals surface area contributed by atoms with E-state index in [0.29, 0.717) is 18.6 Å². The van der Waals surface area contributed by atoms with Crippen LogP contribution in [0.25, 0.3) is 0 Å². The maximum absolute atomic E-state index is 12.6. The number of carbonyl (C=O) groups excluding carboxylic acids is 2. The maximum atomic E-state index is 12.6. The van der Waals surface area contributed by atoms with Crippen molar-refractivity contribution in [1.29, 1.82) is 0 Å². The predicted molar refractivity (Wildman–Crippen MR) is 169 cm³/mol. The molecule has 222 valence electrons. The fourth-order valence-electron chi connectivity index (χ4n) is 5.21. The van der Waals surface area contributed by atoms with Crippen LogP contribution in [0, 0.1) is 5.92 Å². The Morgan fingerprint density at radius 1 is 0.500 bits per heavy atom. The first-order valence-electron chi connectivity index (χ1n) is 17.0. The van der Waals surface area contributed by atoms with Crippen molar-refractivity contribution in [3.63, 3.8) is 0 Å². The topological polar surface area (TPSA) is 34.1 Å². The predicted octanol–water partition coefficient (Wildman–Crippen LogP) is 12.1. The first kappa shape index (κ1) is 36.8. The third kappa shape index (κ3) is 27.8. The van der Waals surface area contributed by atoms with Crippen molar-refractivity contribution in [2.24, 2.45) is 5.92 Å². The van der Waals surface area contributed by atoms with Gasteiger partial charge in [0.25, 0.3) is 0 Å². The number of ketones is 1. The number of unbranched alkanes of at least 4 members (excludes halogenated alkanes) is 20. The number of rotatable bonds is 31. The Kier molecular flexibility index (Phi) is 31.0. The van der Waals surface area contributed by atoms with E-state index in [1.54, 1.807) is 0 Å². The fraction of sp³-hybridized carbons (Fsp3) is 0.833. The molecule has 0 amide bonds. The number of allylic oxidation sites excluding steroid dienone is 4. The molecule has 0 aliphatic heterocycles. The van der Waals surface area contributed by atoms with E-state index in [-0.39, 0.29) is 5.92 Å². The largest absolute Gasteiger partial charge is 0.303 e. The maximum Gasteiger partial charge on any atom is 0.136 e. The molecule has 2 nitrogen and oxygen atoms in total. The molecule has 38 heavy (non-hydrogen) atoms. The van der Waals surface area contributed by atoms with Crippen LogP contribution in [0.4, 0.5) is 0 Å². The van der Waals surface area contributed by atoms with Crippen LogP contribution < -0.4 is 0 Å². The molecule has 0 aliphatic rings. The second-order valence-corrected chi connectivity index (χ2v) is 11.6. The lowest BCUT2D eigenvalue weighted by Crippen LogP contribution is -2.15.